The Morgan fingerprint density at radius 1 is 1.14 bits per heavy atom. The standard InChI is InChI=1S/C17H19N3S/c1-3-9-18-16-14-10-12(2)21-17(14)20-15(19-16)11-13-7-5-4-6-8-13/h4-8,10H,3,9,11H2,1-2H3,(H,18,19,20). The molecular weight excluding hydrogens is 278 g/mol. The van der Waals surface area contributed by atoms with Crippen molar-refractivity contribution in [3.63, 3.8) is 0 Å². The van der Waals surface area contributed by atoms with Crippen molar-refractivity contribution >= 4 is 27.4 Å². The molecule has 0 saturated heterocycles. The van der Waals surface area contributed by atoms with Crippen molar-refractivity contribution in [2.24, 2.45) is 0 Å². The number of hydrogen-bond acceptors (Lipinski definition) is 4. The van der Waals surface area contributed by atoms with Gasteiger partial charge in [-0.05, 0) is 25.0 Å². The summed E-state index contributed by atoms with van der Waals surface area (Å²) < 4.78 is 0. The molecule has 0 radical (unpaired) electrons. The highest BCUT2D eigenvalue weighted by molar-refractivity contribution is 7.18. The highest BCUT2D eigenvalue weighted by Crippen LogP contribution is 2.28. The number of anilines is 1. The van der Waals surface area contributed by atoms with Crippen LogP contribution in [0.2, 0.25) is 0 Å². The first kappa shape index (κ1) is 14.0. The first-order chi connectivity index (χ1) is 10.3. The average Bonchev–Trinajstić information content (AvgIpc) is 2.86. The lowest BCUT2D eigenvalue weighted by atomic mass is 10.1. The van der Waals surface area contributed by atoms with E-state index in [0.717, 1.165) is 41.2 Å². The van der Waals surface area contributed by atoms with Crippen molar-refractivity contribution in [2.75, 3.05) is 11.9 Å². The van der Waals surface area contributed by atoms with Gasteiger partial charge in [0.05, 0.1) is 5.39 Å². The molecule has 0 atom stereocenters. The van der Waals surface area contributed by atoms with Crippen LogP contribution in [0.25, 0.3) is 10.2 Å². The van der Waals surface area contributed by atoms with Crippen molar-refractivity contribution < 1.29 is 0 Å². The van der Waals surface area contributed by atoms with Crippen LogP contribution in [-0.4, -0.2) is 16.5 Å². The van der Waals surface area contributed by atoms with Gasteiger partial charge in [0.1, 0.15) is 16.5 Å². The molecule has 3 aromatic rings. The van der Waals surface area contributed by atoms with Gasteiger partial charge in [-0.3, -0.25) is 0 Å². The minimum absolute atomic E-state index is 0.772. The predicted octanol–water partition coefficient (Wildman–Crippen LogP) is 4.41. The molecule has 108 valence electrons. The number of aryl methyl sites for hydroxylation is 1. The maximum absolute atomic E-state index is 4.73. The molecular formula is C17H19N3S. The van der Waals surface area contributed by atoms with Crippen LogP contribution in [-0.2, 0) is 6.42 Å². The van der Waals surface area contributed by atoms with E-state index in [1.807, 2.05) is 6.07 Å². The maximum atomic E-state index is 4.73. The SMILES string of the molecule is CCCNc1nc(Cc2ccccc2)nc2sc(C)cc12. The number of hydrogen-bond donors (Lipinski definition) is 1. The lowest BCUT2D eigenvalue weighted by molar-refractivity contribution is 0.948. The predicted molar refractivity (Wildman–Crippen MR) is 90.2 cm³/mol. The summed E-state index contributed by atoms with van der Waals surface area (Å²) in [5, 5.41) is 4.57. The fraction of sp³-hybridized carbons (Fsp3) is 0.294. The maximum Gasteiger partial charge on any atom is 0.138 e. The molecule has 0 bridgehead atoms. The molecule has 0 aliphatic rings. The highest BCUT2D eigenvalue weighted by atomic mass is 32.1. The van der Waals surface area contributed by atoms with Crippen LogP contribution in [0.15, 0.2) is 36.4 Å². The normalized spacial score (nSPS) is 11.0. The van der Waals surface area contributed by atoms with Crippen LogP contribution in [0, 0.1) is 6.92 Å². The molecule has 0 aliphatic heterocycles. The van der Waals surface area contributed by atoms with Gasteiger partial charge in [0.15, 0.2) is 0 Å². The molecule has 0 spiro atoms. The van der Waals surface area contributed by atoms with E-state index >= 15 is 0 Å². The van der Waals surface area contributed by atoms with E-state index in [2.05, 4.69) is 49.5 Å². The van der Waals surface area contributed by atoms with E-state index in [4.69, 9.17) is 9.97 Å². The van der Waals surface area contributed by atoms with Gasteiger partial charge in [0.25, 0.3) is 0 Å². The quantitative estimate of drug-likeness (QED) is 0.758. The molecule has 2 aromatic heterocycles. The monoisotopic (exact) mass is 297 g/mol. The third-order valence-electron chi connectivity index (χ3n) is 3.31. The first-order valence-corrected chi connectivity index (χ1v) is 8.12. The largest absolute Gasteiger partial charge is 0.369 e. The van der Waals surface area contributed by atoms with Gasteiger partial charge >= 0.3 is 0 Å². The molecule has 0 aliphatic carbocycles. The Morgan fingerprint density at radius 3 is 2.71 bits per heavy atom. The molecule has 0 saturated carbocycles. The first-order valence-electron chi connectivity index (χ1n) is 7.31. The Kier molecular flexibility index (Phi) is 4.15. The Balaban J connectivity index is 1.98. The topological polar surface area (TPSA) is 37.8 Å². The van der Waals surface area contributed by atoms with Crippen molar-refractivity contribution in [3.05, 3.63) is 52.7 Å². The fourth-order valence-electron chi connectivity index (χ4n) is 2.32. The van der Waals surface area contributed by atoms with Crippen LogP contribution < -0.4 is 5.32 Å². The van der Waals surface area contributed by atoms with E-state index < -0.39 is 0 Å². The Bertz CT molecular complexity index is 734. The number of nitrogens with one attached hydrogen (secondary N) is 1. The summed E-state index contributed by atoms with van der Waals surface area (Å²) in [4.78, 5) is 11.8. The lowest BCUT2D eigenvalue weighted by Crippen LogP contribution is -2.05. The summed E-state index contributed by atoms with van der Waals surface area (Å²) in [7, 11) is 0. The fourth-order valence-corrected chi connectivity index (χ4v) is 3.22. The number of aromatic nitrogens is 2. The average molecular weight is 297 g/mol. The second-order valence-corrected chi connectivity index (χ2v) is 6.39. The van der Waals surface area contributed by atoms with Crippen molar-refractivity contribution in [1.82, 2.24) is 9.97 Å². The molecule has 0 unspecified atom stereocenters. The summed E-state index contributed by atoms with van der Waals surface area (Å²) in [6.45, 7) is 5.22. The minimum atomic E-state index is 0.772. The third-order valence-corrected chi connectivity index (χ3v) is 4.25. The smallest absolute Gasteiger partial charge is 0.138 e. The Labute approximate surface area is 129 Å². The molecule has 2 heterocycles. The van der Waals surface area contributed by atoms with Gasteiger partial charge in [-0.15, -0.1) is 11.3 Å². The Morgan fingerprint density at radius 2 is 1.95 bits per heavy atom. The third kappa shape index (κ3) is 3.22. The second kappa shape index (κ2) is 6.22. The zero-order valence-electron chi connectivity index (χ0n) is 12.4. The van der Waals surface area contributed by atoms with E-state index in [1.165, 1.54) is 10.4 Å². The van der Waals surface area contributed by atoms with Gasteiger partial charge in [-0.25, -0.2) is 9.97 Å². The number of benzene rings is 1. The van der Waals surface area contributed by atoms with Gasteiger partial charge in [-0.2, -0.15) is 0 Å². The number of nitrogens with zero attached hydrogens (tertiary/aromatic N) is 2. The van der Waals surface area contributed by atoms with Crippen LogP contribution in [0.5, 0.6) is 0 Å². The molecule has 21 heavy (non-hydrogen) atoms. The molecule has 4 heteroatoms. The summed E-state index contributed by atoms with van der Waals surface area (Å²) in [6, 6.07) is 12.5. The molecule has 0 amide bonds. The number of thiophene rings is 1. The van der Waals surface area contributed by atoms with E-state index in [-0.39, 0.29) is 0 Å². The van der Waals surface area contributed by atoms with Crippen molar-refractivity contribution in [1.29, 1.82) is 0 Å². The summed E-state index contributed by atoms with van der Waals surface area (Å²) >= 11 is 1.73. The summed E-state index contributed by atoms with van der Waals surface area (Å²) in [6.07, 6.45) is 1.86. The van der Waals surface area contributed by atoms with Crippen LogP contribution >= 0.6 is 11.3 Å². The van der Waals surface area contributed by atoms with E-state index in [1.54, 1.807) is 11.3 Å². The van der Waals surface area contributed by atoms with Crippen LogP contribution in [0.3, 0.4) is 0 Å². The van der Waals surface area contributed by atoms with Crippen LogP contribution in [0.1, 0.15) is 29.6 Å². The summed E-state index contributed by atoms with van der Waals surface area (Å²) in [5.41, 5.74) is 1.24. The molecule has 1 N–H and O–H groups in total. The van der Waals surface area contributed by atoms with Gasteiger partial charge in [0, 0.05) is 17.8 Å². The number of rotatable bonds is 5. The van der Waals surface area contributed by atoms with Crippen LogP contribution in [0.4, 0.5) is 5.82 Å². The van der Waals surface area contributed by atoms with Crippen molar-refractivity contribution in [2.45, 2.75) is 26.7 Å². The highest BCUT2D eigenvalue weighted by Gasteiger charge is 2.10. The Hall–Kier alpha value is -1.94. The zero-order chi connectivity index (χ0) is 14.7. The zero-order valence-corrected chi connectivity index (χ0v) is 13.2. The molecule has 3 rings (SSSR count). The molecule has 3 nitrogen and oxygen atoms in total. The molecule has 1 aromatic carbocycles. The molecule has 0 fully saturated rings. The number of fused-ring (bicyclic) bond motifs is 1. The van der Waals surface area contributed by atoms with E-state index in [9.17, 15) is 0 Å². The van der Waals surface area contributed by atoms with Gasteiger partial charge in [-0.1, -0.05) is 37.3 Å². The van der Waals surface area contributed by atoms with Gasteiger partial charge in [0.2, 0.25) is 0 Å². The second-order valence-electron chi connectivity index (χ2n) is 5.15. The van der Waals surface area contributed by atoms with E-state index in [0.29, 0.717) is 0 Å². The summed E-state index contributed by atoms with van der Waals surface area (Å²) in [5.74, 6) is 1.85. The lowest BCUT2D eigenvalue weighted by Gasteiger charge is -2.08. The minimum Gasteiger partial charge on any atom is -0.369 e. The van der Waals surface area contributed by atoms with Gasteiger partial charge < -0.3 is 5.32 Å². The van der Waals surface area contributed by atoms with Crippen molar-refractivity contribution in [3.8, 4) is 0 Å².